The van der Waals surface area contributed by atoms with Crippen molar-refractivity contribution >= 4 is 41.7 Å². The van der Waals surface area contributed by atoms with Crippen molar-refractivity contribution in [2.75, 3.05) is 39.7 Å². The molecule has 0 spiro atoms. The Morgan fingerprint density at radius 1 is 1.11 bits per heavy atom. The smallest absolute Gasteiger partial charge is 0.213 e. The van der Waals surface area contributed by atoms with Gasteiger partial charge in [0.15, 0.2) is 5.96 Å². The zero-order valence-electron chi connectivity index (χ0n) is 15.7. The van der Waals surface area contributed by atoms with Crippen LogP contribution < -0.4 is 15.4 Å². The molecule has 0 fully saturated rings. The standard InChI is InChI=1S/C19H26N4O2S.HI/c1-20-19(21-10-13-26-17-6-4-3-5-7-17)23-15-16-8-9-18(22-14-16)25-12-11-24-2;/h3-9,14H,10-13,15H2,1-2H3,(H2,20,21,23);1H. The lowest BCUT2D eigenvalue weighted by molar-refractivity contribution is 0.143. The van der Waals surface area contributed by atoms with Crippen LogP contribution in [0.4, 0.5) is 0 Å². The number of halogens is 1. The van der Waals surface area contributed by atoms with Crippen LogP contribution in [0.3, 0.4) is 0 Å². The number of hydrogen-bond acceptors (Lipinski definition) is 5. The molecule has 0 bridgehead atoms. The highest BCUT2D eigenvalue weighted by Crippen LogP contribution is 2.15. The molecule has 1 aromatic carbocycles. The number of aromatic nitrogens is 1. The number of aliphatic imine (C=N–C) groups is 1. The SMILES string of the molecule is CN=C(NCCSc1ccccc1)NCc1ccc(OCCOC)nc1.I. The second kappa shape index (κ2) is 14.5. The van der Waals surface area contributed by atoms with E-state index in [0.717, 1.165) is 23.8 Å². The van der Waals surface area contributed by atoms with Gasteiger partial charge in [-0.2, -0.15) is 0 Å². The summed E-state index contributed by atoms with van der Waals surface area (Å²) < 4.78 is 10.4. The molecule has 0 saturated heterocycles. The lowest BCUT2D eigenvalue weighted by Gasteiger charge is -2.12. The summed E-state index contributed by atoms with van der Waals surface area (Å²) in [6.07, 6.45) is 1.80. The van der Waals surface area contributed by atoms with Crippen molar-refractivity contribution in [3.63, 3.8) is 0 Å². The number of benzene rings is 1. The number of nitrogens with zero attached hydrogens (tertiary/aromatic N) is 2. The van der Waals surface area contributed by atoms with Gasteiger partial charge < -0.3 is 20.1 Å². The van der Waals surface area contributed by atoms with E-state index in [1.165, 1.54) is 4.90 Å². The summed E-state index contributed by atoms with van der Waals surface area (Å²) in [6.45, 7) is 2.54. The van der Waals surface area contributed by atoms with E-state index in [4.69, 9.17) is 9.47 Å². The Morgan fingerprint density at radius 3 is 2.59 bits per heavy atom. The van der Waals surface area contributed by atoms with Gasteiger partial charge in [0, 0.05) is 50.2 Å². The number of nitrogens with one attached hydrogen (secondary N) is 2. The number of methoxy groups -OCH3 is 1. The highest BCUT2D eigenvalue weighted by Gasteiger charge is 2.01. The second-order valence-electron chi connectivity index (χ2n) is 5.36. The van der Waals surface area contributed by atoms with E-state index in [1.54, 1.807) is 20.4 Å². The van der Waals surface area contributed by atoms with E-state index in [9.17, 15) is 0 Å². The molecule has 2 N–H and O–H groups in total. The topological polar surface area (TPSA) is 67.8 Å². The quantitative estimate of drug-likeness (QED) is 0.171. The first-order chi connectivity index (χ1) is 12.8. The van der Waals surface area contributed by atoms with Crippen molar-refractivity contribution in [2.45, 2.75) is 11.4 Å². The van der Waals surface area contributed by atoms with Gasteiger partial charge in [0.25, 0.3) is 0 Å². The van der Waals surface area contributed by atoms with Crippen LogP contribution in [-0.2, 0) is 11.3 Å². The normalized spacial score (nSPS) is 10.8. The lowest BCUT2D eigenvalue weighted by Crippen LogP contribution is -2.37. The zero-order chi connectivity index (χ0) is 18.5. The fraction of sp³-hybridized carbons (Fsp3) is 0.368. The molecule has 1 aromatic heterocycles. The van der Waals surface area contributed by atoms with Gasteiger partial charge in [-0.1, -0.05) is 24.3 Å². The second-order valence-corrected chi connectivity index (χ2v) is 6.53. The molecule has 0 aliphatic carbocycles. The van der Waals surface area contributed by atoms with Crippen LogP contribution in [0.15, 0.2) is 58.5 Å². The molecular weight excluding hydrogens is 475 g/mol. The number of hydrogen-bond donors (Lipinski definition) is 2. The Labute approximate surface area is 182 Å². The van der Waals surface area contributed by atoms with Crippen molar-refractivity contribution < 1.29 is 9.47 Å². The highest BCUT2D eigenvalue weighted by atomic mass is 127. The third kappa shape index (κ3) is 9.83. The van der Waals surface area contributed by atoms with E-state index in [-0.39, 0.29) is 24.0 Å². The van der Waals surface area contributed by atoms with Crippen LogP contribution >= 0.6 is 35.7 Å². The molecule has 0 saturated carbocycles. The third-order valence-electron chi connectivity index (χ3n) is 3.43. The van der Waals surface area contributed by atoms with Gasteiger partial charge >= 0.3 is 0 Å². The first kappa shape index (κ1) is 23.5. The minimum atomic E-state index is 0. The first-order valence-electron chi connectivity index (χ1n) is 8.51. The van der Waals surface area contributed by atoms with Crippen molar-refractivity contribution in [2.24, 2.45) is 4.99 Å². The molecule has 6 nitrogen and oxygen atoms in total. The maximum atomic E-state index is 5.46. The van der Waals surface area contributed by atoms with E-state index >= 15 is 0 Å². The molecule has 27 heavy (non-hydrogen) atoms. The van der Waals surface area contributed by atoms with Crippen LogP contribution in [-0.4, -0.2) is 50.6 Å². The minimum absolute atomic E-state index is 0. The summed E-state index contributed by atoms with van der Waals surface area (Å²) in [7, 11) is 3.41. The van der Waals surface area contributed by atoms with Gasteiger partial charge in [0.05, 0.1) is 6.61 Å². The molecule has 8 heteroatoms. The van der Waals surface area contributed by atoms with Crippen LogP contribution in [0, 0.1) is 0 Å². The fourth-order valence-corrected chi connectivity index (χ4v) is 2.88. The summed E-state index contributed by atoms with van der Waals surface area (Å²) in [4.78, 5) is 9.80. The summed E-state index contributed by atoms with van der Waals surface area (Å²) in [5, 5.41) is 6.60. The third-order valence-corrected chi connectivity index (χ3v) is 4.44. The van der Waals surface area contributed by atoms with E-state index in [1.807, 2.05) is 30.0 Å². The Bertz CT molecular complexity index is 657. The Hall–Kier alpha value is -1.52. The number of guanidine groups is 1. The van der Waals surface area contributed by atoms with Gasteiger partial charge in [0.2, 0.25) is 5.88 Å². The molecule has 2 aromatic rings. The van der Waals surface area contributed by atoms with Gasteiger partial charge in [-0.05, 0) is 17.7 Å². The predicted octanol–water partition coefficient (Wildman–Crippen LogP) is 3.18. The van der Waals surface area contributed by atoms with Crippen molar-refractivity contribution in [1.29, 1.82) is 0 Å². The molecular formula is C19H27IN4O2S. The van der Waals surface area contributed by atoms with Crippen molar-refractivity contribution in [3.05, 3.63) is 54.2 Å². The van der Waals surface area contributed by atoms with Crippen LogP contribution in [0.5, 0.6) is 5.88 Å². The first-order valence-corrected chi connectivity index (χ1v) is 9.49. The van der Waals surface area contributed by atoms with E-state index in [2.05, 4.69) is 44.9 Å². The molecule has 0 aliphatic heterocycles. The average Bonchev–Trinajstić information content (AvgIpc) is 2.69. The summed E-state index contributed by atoms with van der Waals surface area (Å²) in [6, 6.07) is 14.2. The Kier molecular flexibility index (Phi) is 12.7. The van der Waals surface area contributed by atoms with E-state index in [0.29, 0.717) is 25.6 Å². The largest absolute Gasteiger partial charge is 0.475 e. The van der Waals surface area contributed by atoms with Crippen molar-refractivity contribution in [1.82, 2.24) is 15.6 Å². The molecule has 0 amide bonds. The van der Waals surface area contributed by atoms with Crippen LogP contribution in [0.25, 0.3) is 0 Å². The number of ether oxygens (including phenoxy) is 2. The van der Waals surface area contributed by atoms with Gasteiger partial charge in [0.1, 0.15) is 6.61 Å². The van der Waals surface area contributed by atoms with Gasteiger partial charge in [-0.3, -0.25) is 4.99 Å². The molecule has 0 unspecified atom stereocenters. The summed E-state index contributed by atoms with van der Waals surface area (Å²) in [5.41, 5.74) is 1.06. The van der Waals surface area contributed by atoms with Gasteiger partial charge in [-0.25, -0.2) is 4.98 Å². The molecule has 2 rings (SSSR count). The minimum Gasteiger partial charge on any atom is -0.475 e. The molecule has 0 atom stereocenters. The lowest BCUT2D eigenvalue weighted by atomic mass is 10.3. The maximum absolute atomic E-state index is 5.46. The summed E-state index contributed by atoms with van der Waals surface area (Å²) in [5.74, 6) is 2.35. The predicted molar refractivity (Wildman–Crippen MR) is 122 cm³/mol. The molecule has 148 valence electrons. The number of thioether (sulfide) groups is 1. The number of pyridine rings is 1. The van der Waals surface area contributed by atoms with Crippen molar-refractivity contribution in [3.8, 4) is 5.88 Å². The molecule has 0 aliphatic rings. The highest BCUT2D eigenvalue weighted by molar-refractivity contribution is 14.0. The zero-order valence-corrected chi connectivity index (χ0v) is 18.8. The average molecular weight is 502 g/mol. The Balaban J connectivity index is 0.00000364. The fourth-order valence-electron chi connectivity index (χ4n) is 2.09. The number of rotatable bonds is 10. The van der Waals surface area contributed by atoms with E-state index < -0.39 is 0 Å². The van der Waals surface area contributed by atoms with Gasteiger partial charge in [-0.15, -0.1) is 35.7 Å². The monoisotopic (exact) mass is 502 g/mol. The van der Waals surface area contributed by atoms with Crippen LogP contribution in [0.2, 0.25) is 0 Å². The molecule has 1 heterocycles. The Morgan fingerprint density at radius 2 is 1.93 bits per heavy atom. The molecule has 0 radical (unpaired) electrons. The maximum Gasteiger partial charge on any atom is 0.213 e. The summed E-state index contributed by atoms with van der Waals surface area (Å²) >= 11 is 1.82. The van der Waals surface area contributed by atoms with Crippen LogP contribution in [0.1, 0.15) is 5.56 Å².